The Bertz CT molecular complexity index is 926. The number of hydrogen-bond acceptors (Lipinski definition) is 8. The molecule has 134 valence electrons. The Morgan fingerprint density at radius 3 is 2.69 bits per heavy atom. The molecule has 8 nitrogen and oxygen atoms in total. The van der Waals surface area contributed by atoms with Gasteiger partial charge in [-0.05, 0) is 31.2 Å². The lowest BCUT2D eigenvalue weighted by Gasteiger charge is -2.03. The van der Waals surface area contributed by atoms with E-state index >= 15 is 0 Å². The summed E-state index contributed by atoms with van der Waals surface area (Å²) in [4.78, 5) is 23.8. The van der Waals surface area contributed by atoms with E-state index in [4.69, 9.17) is 4.52 Å². The third-order valence-corrected chi connectivity index (χ3v) is 4.91. The highest BCUT2D eigenvalue weighted by molar-refractivity contribution is 8.01. The summed E-state index contributed by atoms with van der Waals surface area (Å²) in [7, 11) is 0. The van der Waals surface area contributed by atoms with E-state index in [0.717, 1.165) is 11.3 Å². The first kappa shape index (κ1) is 18.0. The van der Waals surface area contributed by atoms with Gasteiger partial charge in [0.25, 0.3) is 5.91 Å². The fourth-order valence-electron chi connectivity index (χ4n) is 1.81. The molecule has 0 radical (unpaired) electrons. The molecule has 0 aliphatic heterocycles. The fraction of sp³-hybridized carbons (Fsp3) is 0.133. The maximum absolute atomic E-state index is 12.8. The predicted octanol–water partition coefficient (Wildman–Crippen LogP) is 2.96. The maximum Gasteiger partial charge on any atom is 0.279 e. The highest BCUT2D eigenvalue weighted by Gasteiger charge is 2.14. The molecule has 2 aromatic heterocycles. The number of anilines is 2. The van der Waals surface area contributed by atoms with Crippen molar-refractivity contribution >= 4 is 45.7 Å². The van der Waals surface area contributed by atoms with Crippen molar-refractivity contribution in [3.63, 3.8) is 0 Å². The normalized spacial score (nSPS) is 10.5. The van der Waals surface area contributed by atoms with E-state index in [0.29, 0.717) is 15.8 Å². The summed E-state index contributed by atoms with van der Waals surface area (Å²) >= 11 is 2.31. The molecular weight excluding hydrogens is 381 g/mol. The first-order valence-electron chi connectivity index (χ1n) is 7.26. The molecular formula is C15H12FN5O3S2. The van der Waals surface area contributed by atoms with Crippen LogP contribution in [0.15, 0.2) is 39.2 Å². The summed E-state index contributed by atoms with van der Waals surface area (Å²) in [5.41, 5.74) is 0.649. The van der Waals surface area contributed by atoms with E-state index in [2.05, 4.69) is 26.0 Å². The number of halogens is 1. The van der Waals surface area contributed by atoms with Crippen molar-refractivity contribution in [1.29, 1.82) is 0 Å². The Morgan fingerprint density at radius 2 is 2.00 bits per heavy atom. The van der Waals surface area contributed by atoms with Crippen LogP contribution in [0.1, 0.15) is 16.2 Å². The molecule has 0 spiro atoms. The minimum atomic E-state index is -0.455. The Labute approximate surface area is 155 Å². The predicted molar refractivity (Wildman–Crippen MR) is 94.9 cm³/mol. The molecule has 0 aliphatic carbocycles. The van der Waals surface area contributed by atoms with Gasteiger partial charge in [0.15, 0.2) is 10.0 Å². The van der Waals surface area contributed by atoms with E-state index < -0.39 is 5.91 Å². The molecule has 0 unspecified atom stereocenters. The van der Waals surface area contributed by atoms with Crippen LogP contribution < -0.4 is 10.6 Å². The highest BCUT2D eigenvalue weighted by atomic mass is 32.2. The number of aromatic nitrogens is 3. The average molecular weight is 393 g/mol. The van der Waals surface area contributed by atoms with Crippen LogP contribution in [0.5, 0.6) is 0 Å². The van der Waals surface area contributed by atoms with Crippen LogP contribution in [0.25, 0.3) is 0 Å². The van der Waals surface area contributed by atoms with Crippen LogP contribution in [0, 0.1) is 12.7 Å². The zero-order valence-corrected chi connectivity index (χ0v) is 15.0. The Morgan fingerprint density at radius 1 is 1.23 bits per heavy atom. The Balaban J connectivity index is 1.49. The van der Waals surface area contributed by atoms with Crippen molar-refractivity contribution in [3.8, 4) is 0 Å². The zero-order chi connectivity index (χ0) is 18.5. The summed E-state index contributed by atoms with van der Waals surface area (Å²) in [6, 6.07) is 6.98. The van der Waals surface area contributed by atoms with Crippen LogP contribution >= 0.6 is 23.1 Å². The molecule has 2 N–H and O–H groups in total. The molecule has 26 heavy (non-hydrogen) atoms. The summed E-state index contributed by atoms with van der Waals surface area (Å²) in [6.45, 7) is 1.68. The van der Waals surface area contributed by atoms with E-state index in [1.807, 2.05) is 0 Å². The van der Waals surface area contributed by atoms with Crippen molar-refractivity contribution < 1.29 is 18.5 Å². The number of benzene rings is 1. The lowest BCUT2D eigenvalue weighted by molar-refractivity contribution is -0.113. The Hall–Kier alpha value is -2.79. The summed E-state index contributed by atoms with van der Waals surface area (Å²) < 4.78 is 18.2. The number of amides is 2. The second-order valence-corrected chi connectivity index (χ2v) is 7.19. The van der Waals surface area contributed by atoms with Crippen LogP contribution in [-0.4, -0.2) is 32.9 Å². The molecule has 3 aromatic rings. The standard InChI is InChI=1S/C15H12FN5O3S2/c1-8-6-11(21-24-8)13(23)18-14-19-20-15(26-14)25-7-12(22)17-10-4-2-9(16)3-5-10/h2-6H,7H2,1H3,(H,17,22)(H,18,19,23). The minimum absolute atomic E-state index is 0.0996. The van der Waals surface area contributed by atoms with Crippen LogP contribution in [-0.2, 0) is 4.79 Å². The van der Waals surface area contributed by atoms with Gasteiger partial charge in [0.05, 0.1) is 5.75 Å². The second kappa shape index (κ2) is 8.06. The number of aryl methyl sites for hydroxylation is 1. The van der Waals surface area contributed by atoms with E-state index in [1.54, 1.807) is 6.92 Å². The van der Waals surface area contributed by atoms with Crippen molar-refractivity contribution in [2.75, 3.05) is 16.4 Å². The third-order valence-electron chi connectivity index (χ3n) is 2.94. The first-order valence-corrected chi connectivity index (χ1v) is 9.06. The van der Waals surface area contributed by atoms with Gasteiger partial charge in [0, 0.05) is 11.8 Å². The Kier molecular flexibility index (Phi) is 5.58. The van der Waals surface area contributed by atoms with Crippen molar-refractivity contribution in [1.82, 2.24) is 15.4 Å². The van der Waals surface area contributed by atoms with Gasteiger partial charge in [0.2, 0.25) is 11.0 Å². The summed E-state index contributed by atoms with van der Waals surface area (Å²) in [6.07, 6.45) is 0. The second-order valence-electron chi connectivity index (χ2n) is 4.99. The molecule has 3 rings (SSSR count). The van der Waals surface area contributed by atoms with E-state index in [-0.39, 0.29) is 28.3 Å². The van der Waals surface area contributed by atoms with Crippen molar-refractivity contribution in [3.05, 3.63) is 47.6 Å². The molecule has 11 heteroatoms. The molecule has 0 atom stereocenters. The maximum atomic E-state index is 12.8. The fourth-order valence-corrected chi connectivity index (χ4v) is 3.36. The number of rotatable bonds is 6. The van der Waals surface area contributed by atoms with Gasteiger partial charge in [-0.3, -0.25) is 14.9 Å². The third kappa shape index (κ3) is 4.86. The van der Waals surface area contributed by atoms with Crippen molar-refractivity contribution in [2.45, 2.75) is 11.3 Å². The highest BCUT2D eigenvalue weighted by Crippen LogP contribution is 2.26. The first-order chi connectivity index (χ1) is 12.5. The SMILES string of the molecule is Cc1cc(C(=O)Nc2nnc(SCC(=O)Nc3ccc(F)cc3)s2)no1. The number of nitrogens with one attached hydrogen (secondary N) is 2. The molecule has 0 bridgehead atoms. The summed E-state index contributed by atoms with van der Waals surface area (Å²) in [5, 5.41) is 16.8. The van der Waals surface area contributed by atoms with Gasteiger partial charge in [-0.25, -0.2) is 4.39 Å². The molecule has 2 heterocycles. The lowest BCUT2D eigenvalue weighted by atomic mass is 10.3. The average Bonchev–Trinajstić information content (AvgIpc) is 3.24. The smallest absolute Gasteiger partial charge is 0.279 e. The molecule has 0 fully saturated rings. The van der Waals surface area contributed by atoms with Gasteiger partial charge < -0.3 is 9.84 Å². The van der Waals surface area contributed by atoms with Gasteiger partial charge in [-0.1, -0.05) is 28.3 Å². The molecule has 0 saturated carbocycles. The topological polar surface area (TPSA) is 110 Å². The number of carbonyl (C=O) groups is 2. The van der Waals surface area contributed by atoms with Gasteiger partial charge >= 0.3 is 0 Å². The zero-order valence-electron chi connectivity index (χ0n) is 13.4. The van der Waals surface area contributed by atoms with Crippen LogP contribution in [0.3, 0.4) is 0 Å². The van der Waals surface area contributed by atoms with Gasteiger partial charge in [-0.2, -0.15) is 0 Å². The van der Waals surface area contributed by atoms with Crippen molar-refractivity contribution in [2.24, 2.45) is 0 Å². The number of hydrogen-bond donors (Lipinski definition) is 2. The summed E-state index contributed by atoms with van der Waals surface area (Å²) in [5.74, 6) is -0.468. The quantitative estimate of drug-likeness (QED) is 0.489. The largest absolute Gasteiger partial charge is 0.361 e. The van der Waals surface area contributed by atoms with Crippen LogP contribution in [0.4, 0.5) is 15.2 Å². The number of nitrogens with zero attached hydrogens (tertiary/aromatic N) is 3. The van der Waals surface area contributed by atoms with Crippen LogP contribution in [0.2, 0.25) is 0 Å². The minimum Gasteiger partial charge on any atom is -0.361 e. The number of thioether (sulfide) groups is 1. The van der Waals surface area contributed by atoms with E-state index in [1.165, 1.54) is 42.1 Å². The molecule has 2 amide bonds. The van der Waals surface area contributed by atoms with Gasteiger partial charge in [-0.15, -0.1) is 10.2 Å². The van der Waals surface area contributed by atoms with E-state index in [9.17, 15) is 14.0 Å². The molecule has 0 saturated heterocycles. The monoisotopic (exact) mass is 393 g/mol. The molecule has 1 aromatic carbocycles. The number of carbonyl (C=O) groups excluding carboxylic acids is 2. The van der Waals surface area contributed by atoms with Gasteiger partial charge in [0.1, 0.15) is 11.6 Å². The lowest BCUT2D eigenvalue weighted by Crippen LogP contribution is -2.13. The molecule has 0 aliphatic rings.